The van der Waals surface area contributed by atoms with Gasteiger partial charge in [0.2, 0.25) is 0 Å². The molecule has 19 heavy (non-hydrogen) atoms. The summed E-state index contributed by atoms with van der Waals surface area (Å²) in [4.78, 5) is 25.9. The molecule has 106 valence electrons. The lowest BCUT2D eigenvalue weighted by atomic mass is 9.88. The van der Waals surface area contributed by atoms with E-state index < -0.39 is 0 Å². The minimum Gasteiger partial charge on any atom is -0.393 e. The van der Waals surface area contributed by atoms with Crippen molar-refractivity contribution in [1.82, 2.24) is 9.55 Å². The third-order valence-electron chi connectivity index (χ3n) is 3.33. The minimum atomic E-state index is -0.365. The first-order valence-corrected chi connectivity index (χ1v) is 6.81. The van der Waals surface area contributed by atoms with Gasteiger partial charge in [-0.3, -0.25) is 9.78 Å². The van der Waals surface area contributed by atoms with Gasteiger partial charge in [-0.15, -0.1) is 0 Å². The van der Waals surface area contributed by atoms with Crippen LogP contribution in [0.1, 0.15) is 39.2 Å². The number of rotatable bonds is 6. The van der Waals surface area contributed by atoms with E-state index in [9.17, 15) is 9.59 Å². The number of nitrogens with two attached hydrogens (primary N) is 1. The van der Waals surface area contributed by atoms with E-state index in [-0.39, 0.29) is 16.7 Å². The van der Waals surface area contributed by atoms with E-state index in [1.807, 2.05) is 20.8 Å². The van der Waals surface area contributed by atoms with Crippen LogP contribution < -0.4 is 17.0 Å². The zero-order chi connectivity index (χ0) is 14.6. The van der Waals surface area contributed by atoms with Crippen molar-refractivity contribution in [3.8, 4) is 0 Å². The second-order valence-electron chi connectivity index (χ2n) is 5.31. The summed E-state index contributed by atoms with van der Waals surface area (Å²) < 4.78 is 1.54. The molecule has 0 aliphatic heterocycles. The Labute approximate surface area is 117 Å². The highest BCUT2D eigenvalue weighted by Gasteiger charge is 2.20. The third-order valence-corrected chi connectivity index (χ3v) is 3.89. The van der Waals surface area contributed by atoms with Gasteiger partial charge in [0.15, 0.2) is 0 Å². The molecule has 0 amide bonds. The molecule has 0 bridgehead atoms. The van der Waals surface area contributed by atoms with Crippen molar-refractivity contribution >= 4 is 17.2 Å². The highest BCUT2D eigenvalue weighted by Crippen LogP contribution is 2.22. The summed E-state index contributed by atoms with van der Waals surface area (Å²) in [5, 5.41) is 0. The molecule has 0 unspecified atom stereocenters. The summed E-state index contributed by atoms with van der Waals surface area (Å²) in [6.07, 6.45) is 3.82. The smallest absolute Gasteiger partial charge is 0.328 e. The molecule has 0 aromatic carbocycles. The highest BCUT2D eigenvalue weighted by molar-refractivity contribution is 7.80. The van der Waals surface area contributed by atoms with Crippen LogP contribution in [-0.4, -0.2) is 14.5 Å². The lowest BCUT2D eigenvalue weighted by Crippen LogP contribution is -2.33. The van der Waals surface area contributed by atoms with Gasteiger partial charge in [-0.1, -0.05) is 33.0 Å². The normalized spacial score (nSPS) is 11.5. The molecule has 0 aliphatic carbocycles. The molecule has 1 heterocycles. The highest BCUT2D eigenvalue weighted by atomic mass is 32.1. The maximum atomic E-state index is 11.7. The van der Waals surface area contributed by atoms with Crippen LogP contribution in [0, 0.1) is 5.41 Å². The summed E-state index contributed by atoms with van der Waals surface area (Å²) >= 11 is 5.01. The Morgan fingerprint density at radius 1 is 1.47 bits per heavy atom. The van der Waals surface area contributed by atoms with Crippen LogP contribution >= 0.6 is 12.2 Å². The van der Waals surface area contributed by atoms with Crippen molar-refractivity contribution in [1.29, 1.82) is 0 Å². The van der Waals surface area contributed by atoms with Crippen LogP contribution in [0.15, 0.2) is 15.8 Å². The monoisotopic (exact) mass is 283 g/mol. The van der Waals surface area contributed by atoms with Crippen molar-refractivity contribution in [2.45, 2.75) is 46.6 Å². The molecule has 0 aliphatic rings. The fraction of sp³-hybridized carbons (Fsp3) is 0.615. The van der Waals surface area contributed by atoms with Crippen molar-refractivity contribution in [3.63, 3.8) is 0 Å². The molecule has 0 radical (unpaired) electrons. The first-order valence-electron chi connectivity index (χ1n) is 6.40. The molecule has 3 N–H and O–H groups in total. The summed E-state index contributed by atoms with van der Waals surface area (Å²) in [5.74, 6) is 0. The van der Waals surface area contributed by atoms with Crippen LogP contribution in [0.3, 0.4) is 0 Å². The SMILES string of the molecule is CCc1cn(CCCC(C)(C)C(N)=S)c(=O)[nH]c1=O. The van der Waals surface area contributed by atoms with E-state index in [0.29, 0.717) is 23.5 Å². The zero-order valence-electron chi connectivity index (χ0n) is 11.7. The average molecular weight is 283 g/mol. The maximum absolute atomic E-state index is 11.7. The maximum Gasteiger partial charge on any atom is 0.328 e. The molecular formula is C13H21N3O2S. The van der Waals surface area contributed by atoms with Gasteiger partial charge in [-0.05, 0) is 19.3 Å². The van der Waals surface area contributed by atoms with E-state index in [2.05, 4.69) is 4.98 Å². The van der Waals surface area contributed by atoms with Crippen LogP contribution in [0.2, 0.25) is 0 Å². The van der Waals surface area contributed by atoms with Crippen LogP contribution in [0.4, 0.5) is 0 Å². The number of aryl methyl sites for hydroxylation is 2. The Kier molecular flexibility index (Phi) is 5.05. The number of nitrogens with zero attached hydrogens (tertiary/aromatic N) is 1. The van der Waals surface area contributed by atoms with Crippen molar-refractivity contribution in [3.05, 3.63) is 32.6 Å². The molecule has 1 aromatic heterocycles. The van der Waals surface area contributed by atoms with Gasteiger partial charge in [0, 0.05) is 23.7 Å². The van der Waals surface area contributed by atoms with E-state index >= 15 is 0 Å². The molecule has 5 nitrogen and oxygen atoms in total. The number of hydrogen-bond donors (Lipinski definition) is 2. The average Bonchev–Trinajstić information content (AvgIpc) is 2.31. The Balaban J connectivity index is 2.77. The molecule has 0 spiro atoms. The Hall–Kier alpha value is -1.43. The van der Waals surface area contributed by atoms with E-state index in [1.165, 1.54) is 4.57 Å². The topological polar surface area (TPSA) is 80.9 Å². The molecule has 1 aromatic rings. The molecule has 0 atom stereocenters. The summed E-state index contributed by atoms with van der Waals surface area (Å²) in [6.45, 7) is 6.41. The van der Waals surface area contributed by atoms with Crippen molar-refractivity contribution in [2.75, 3.05) is 0 Å². The van der Waals surface area contributed by atoms with E-state index in [4.69, 9.17) is 18.0 Å². The first kappa shape index (κ1) is 15.6. The molecule has 0 saturated heterocycles. The van der Waals surface area contributed by atoms with Crippen LogP contribution in [0.25, 0.3) is 0 Å². The summed E-state index contributed by atoms with van der Waals surface area (Å²) in [5.41, 5.74) is 5.40. The van der Waals surface area contributed by atoms with Gasteiger partial charge in [0.1, 0.15) is 0 Å². The Bertz CT molecular complexity index is 572. The number of aromatic nitrogens is 2. The van der Waals surface area contributed by atoms with Crippen LogP contribution in [-0.2, 0) is 13.0 Å². The van der Waals surface area contributed by atoms with E-state index in [0.717, 1.165) is 12.8 Å². The van der Waals surface area contributed by atoms with Gasteiger partial charge >= 0.3 is 5.69 Å². The fourth-order valence-electron chi connectivity index (χ4n) is 1.79. The molecule has 1 rings (SSSR count). The molecule has 6 heteroatoms. The van der Waals surface area contributed by atoms with Gasteiger partial charge in [-0.2, -0.15) is 0 Å². The summed E-state index contributed by atoms with van der Waals surface area (Å²) in [7, 11) is 0. The predicted octanol–water partition coefficient (Wildman–Crippen LogP) is 1.19. The second-order valence-corrected chi connectivity index (χ2v) is 5.75. The Morgan fingerprint density at radius 3 is 2.63 bits per heavy atom. The fourth-order valence-corrected chi connectivity index (χ4v) is 1.89. The quantitative estimate of drug-likeness (QED) is 0.769. The van der Waals surface area contributed by atoms with E-state index in [1.54, 1.807) is 6.20 Å². The minimum absolute atomic E-state index is 0.214. The van der Waals surface area contributed by atoms with Crippen molar-refractivity contribution in [2.24, 2.45) is 11.1 Å². The van der Waals surface area contributed by atoms with Gasteiger partial charge in [0.25, 0.3) is 5.56 Å². The van der Waals surface area contributed by atoms with Gasteiger partial charge in [0.05, 0.1) is 4.99 Å². The predicted molar refractivity (Wildman–Crippen MR) is 80.5 cm³/mol. The van der Waals surface area contributed by atoms with Crippen molar-refractivity contribution < 1.29 is 0 Å². The zero-order valence-corrected chi connectivity index (χ0v) is 12.5. The summed E-state index contributed by atoms with van der Waals surface area (Å²) in [6, 6.07) is 0. The molecular weight excluding hydrogens is 262 g/mol. The lowest BCUT2D eigenvalue weighted by molar-refractivity contribution is 0.431. The standard InChI is InChI=1S/C13H21N3O2S/c1-4-9-8-16(12(18)15-10(9)17)7-5-6-13(2,3)11(14)19/h8H,4-7H2,1-3H3,(H2,14,19)(H,15,17,18). The number of nitrogens with one attached hydrogen (secondary N) is 1. The Morgan fingerprint density at radius 2 is 2.11 bits per heavy atom. The van der Waals surface area contributed by atoms with Crippen LogP contribution in [0.5, 0.6) is 0 Å². The number of hydrogen-bond acceptors (Lipinski definition) is 3. The molecule has 0 saturated carbocycles. The number of thiocarbonyl (C=S) groups is 1. The largest absolute Gasteiger partial charge is 0.393 e. The van der Waals surface area contributed by atoms with Gasteiger partial charge < -0.3 is 10.3 Å². The lowest BCUT2D eigenvalue weighted by Gasteiger charge is -2.22. The second kappa shape index (κ2) is 6.14. The number of aromatic amines is 1. The number of H-pyrrole nitrogens is 1. The third kappa shape index (κ3) is 4.02. The van der Waals surface area contributed by atoms with Gasteiger partial charge in [-0.25, -0.2) is 4.79 Å². The molecule has 0 fully saturated rings. The first-order chi connectivity index (χ1) is 8.77.